The Morgan fingerprint density at radius 1 is 1.45 bits per heavy atom. The summed E-state index contributed by atoms with van der Waals surface area (Å²) in [5.41, 5.74) is 0.595. The molecule has 0 aliphatic carbocycles. The molecule has 1 aliphatic heterocycles. The van der Waals surface area contributed by atoms with E-state index in [0.29, 0.717) is 5.69 Å². The van der Waals surface area contributed by atoms with E-state index in [0.717, 1.165) is 4.47 Å². The molecule has 5 nitrogen and oxygen atoms in total. The number of carbonyl (C=O) groups is 1. The van der Waals surface area contributed by atoms with Gasteiger partial charge in [-0.25, -0.2) is 8.42 Å². The van der Waals surface area contributed by atoms with E-state index in [2.05, 4.69) is 15.9 Å². The molecule has 1 aliphatic rings. The summed E-state index contributed by atoms with van der Waals surface area (Å²) in [7, 11) is -3.01. The fraction of sp³-hybridized carbons (Fsp3) is 0.615. The molecule has 1 saturated heterocycles. The number of halogens is 1. The number of amides is 1. The fourth-order valence-electron chi connectivity index (χ4n) is 2.49. The van der Waals surface area contributed by atoms with Crippen molar-refractivity contribution in [1.29, 1.82) is 0 Å². The molecule has 2 heterocycles. The van der Waals surface area contributed by atoms with Crippen LogP contribution in [0.3, 0.4) is 0 Å². The Kier molecular flexibility index (Phi) is 4.30. The lowest BCUT2D eigenvalue weighted by Crippen LogP contribution is -2.50. The van der Waals surface area contributed by atoms with Gasteiger partial charge in [0.05, 0.1) is 11.5 Å². The smallest absolute Gasteiger partial charge is 0.270 e. The SMILES string of the molecule is CC1CS(=O)(=O)CCN1C(=O)c1cc(Br)cn1C(C)C. The molecule has 1 amide bonds. The van der Waals surface area contributed by atoms with Crippen LogP contribution in [0.5, 0.6) is 0 Å². The molecule has 0 saturated carbocycles. The molecule has 0 aromatic carbocycles. The van der Waals surface area contributed by atoms with Crippen LogP contribution in [0.2, 0.25) is 0 Å². The Morgan fingerprint density at radius 2 is 2.10 bits per heavy atom. The van der Waals surface area contributed by atoms with E-state index < -0.39 is 9.84 Å². The van der Waals surface area contributed by atoms with Crippen molar-refractivity contribution >= 4 is 31.7 Å². The molecule has 0 N–H and O–H groups in total. The molecule has 1 aromatic heterocycles. The van der Waals surface area contributed by atoms with E-state index in [1.165, 1.54) is 0 Å². The number of aromatic nitrogens is 1. The highest BCUT2D eigenvalue weighted by molar-refractivity contribution is 9.10. The van der Waals surface area contributed by atoms with Crippen molar-refractivity contribution in [1.82, 2.24) is 9.47 Å². The standard InChI is InChI=1S/C13H19BrN2O3S/c1-9(2)16-7-11(14)6-12(16)13(17)15-4-5-20(18,19)8-10(15)3/h6-7,9-10H,4-5,8H2,1-3H3. The van der Waals surface area contributed by atoms with Crippen LogP contribution >= 0.6 is 15.9 Å². The van der Waals surface area contributed by atoms with E-state index >= 15 is 0 Å². The molecule has 1 fully saturated rings. The van der Waals surface area contributed by atoms with Gasteiger partial charge in [0.2, 0.25) is 0 Å². The highest BCUT2D eigenvalue weighted by Crippen LogP contribution is 2.23. The fourth-order valence-corrected chi connectivity index (χ4v) is 4.49. The summed E-state index contributed by atoms with van der Waals surface area (Å²) in [4.78, 5) is 14.3. The molecule has 20 heavy (non-hydrogen) atoms. The van der Waals surface area contributed by atoms with E-state index in [4.69, 9.17) is 0 Å². The first-order chi connectivity index (χ1) is 9.21. The lowest BCUT2D eigenvalue weighted by molar-refractivity contribution is 0.0700. The summed E-state index contributed by atoms with van der Waals surface area (Å²) in [6.07, 6.45) is 1.88. The van der Waals surface area contributed by atoms with E-state index in [9.17, 15) is 13.2 Å². The second-order valence-corrected chi connectivity index (χ2v) is 8.65. The minimum atomic E-state index is -3.01. The lowest BCUT2D eigenvalue weighted by atomic mass is 10.2. The molecule has 112 valence electrons. The van der Waals surface area contributed by atoms with Crippen LogP contribution in [-0.2, 0) is 9.84 Å². The third-order valence-electron chi connectivity index (χ3n) is 3.52. The van der Waals surface area contributed by atoms with Crippen LogP contribution in [0, 0.1) is 0 Å². The van der Waals surface area contributed by atoms with Crippen LogP contribution in [0.4, 0.5) is 0 Å². The van der Waals surface area contributed by atoms with Gasteiger partial charge in [0.25, 0.3) is 5.91 Å². The van der Waals surface area contributed by atoms with Gasteiger partial charge in [-0.2, -0.15) is 0 Å². The molecule has 1 unspecified atom stereocenters. The molecule has 1 aromatic rings. The summed E-state index contributed by atoms with van der Waals surface area (Å²) < 4.78 is 25.9. The minimum absolute atomic E-state index is 0.0439. The summed E-state index contributed by atoms with van der Waals surface area (Å²) in [5.74, 6) is -0.0126. The van der Waals surface area contributed by atoms with Crippen LogP contribution in [-0.4, -0.2) is 47.9 Å². The van der Waals surface area contributed by atoms with Crippen LogP contribution in [0.25, 0.3) is 0 Å². The average Bonchev–Trinajstić information content (AvgIpc) is 2.69. The van der Waals surface area contributed by atoms with Crippen molar-refractivity contribution in [3.05, 3.63) is 22.4 Å². The van der Waals surface area contributed by atoms with Gasteiger partial charge in [0.15, 0.2) is 9.84 Å². The molecule has 0 bridgehead atoms. The van der Waals surface area contributed by atoms with Gasteiger partial charge in [-0.3, -0.25) is 4.79 Å². The van der Waals surface area contributed by atoms with Crippen molar-refractivity contribution in [2.24, 2.45) is 0 Å². The number of hydrogen-bond donors (Lipinski definition) is 0. The molecule has 7 heteroatoms. The van der Waals surface area contributed by atoms with Crippen LogP contribution in [0.1, 0.15) is 37.3 Å². The van der Waals surface area contributed by atoms with Gasteiger partial charge >= 0.3 is 0 Å². The van der Waals surface area contributed by atoms with E-state index in [-0.39, 0.29) is 36.0 Å². The topological polar surface area (TPSA) is 59.4 Å². The van der Waals surface area contributed by atoms with Gasteiger partial charge in [0, 0.05) is 29.3 Å². The third kappa shape index (κ3) is 3.09. The predicted molar refractivity (Wildman–Crippen MR) is 81.7 cm³/mol. The Balaban J connectivity index is 2.28. The number of sulfone groups is 1. The zero-order chi connectivity index (χ0) is 15.1. The number of nitrogens with zero attached hydrogens (tertiary/aromatic N) is 2. The van der Waals surface area contributed by atoms with Gasteiger partial charge < -0.3 is 9.47 Å². The number of rotatable bonds is 2. The molecule has 2 rings (SSSR count). The second kappa shape index (κ2) is 5.52. The summed E-state index contributed by atoms with van der Waals surface area (Å²) in [5, 5.41) is 0. The molecule has 0 spiro atoms. The first kappa shape index (κ1) is 15.6. The van der Waals surface area contributed by atoms with Crippen molar-refractivity contribution in [3.8, 4) is 0 Å². The van der Waals surface area contributed by atoms with Crippen molar-refractivity contribution in [3.63, 3.8) is 0 Å². The third-order valence-corrected chi connectivity index (χ3v) is 5.75. The van der Waals surface area contributed by atoms with Crippen LogP contribution in [0.15, 0.2) is 16.7 Å². The Labute approximate surface area is 128 Å². The summed E-state index contributed by atoms with van der Waals surface area (Å²) in [6, 6.07) is 1.68. The summed E-state index contributed by atoms with van der Waals surface area (Å²) in [6.45, 7) is 6.07. The van der Waals surface area contributed by atoms with Gasteiger partial charge in [-0.15, -0.1) is 0 Å². The maximum Gasteiger partial charge on any atom is 0.270 e. The largest absolute Gasteiger partial charge is 0.340 e. The van der Waals surface area contributed by atoms with Crippen molar-refractivity contribution < 1.29 is 13.2 Å². The summed E-state index contributed by atoms with van der Waals surface area (Å²) >= 11 is 3.39. The Hall–Kier alpha value is -0.820. The van der Waals surface area contributed by atoms with Crippen LogP contribution < -0.4 is 0 Å². The van der Waals surface area contributed by atoms with Gasteiger partial charge in [0.1, 0.15) is 5.69 Å². The van der Waals surface area contributed by atoms with Gasteiger partial charge in [-0.05, 0) is 42.8 Å². The van der Waals surface area contributed by atoms with Crippen molar-refractivity contribution in [2.45, 2.75) is 32.9 Å². The predicted octanol–water partition coefficient (Wildman–Crippen LogP) is 2.09. The van der Waals surface area contributed by atoms with E-state index in [1.54, 1.807) is 17.9 Å². The average molecular weight is 363 g/mol. The maximum atomic E-state index is 12.6. The molecule has 1 atom stereocenters. The molecular weight excluding hydrogens is 344 g/mol. The first-order valence-corrected chi connectivity index (χ1v) is 9.21. The Bertz CT molecular complexity index is 622. The zero-order valence-corrected chi connectivity index (χ0v) is 14.2. The quantitative estimate of drug-likeness (QED) is 0.809. The zero-order valence-electron chi connectivity index (χ0n) is 11.8. The molecule has 0 radical (unpaired) electrons. The lowest BCUT2D eigenvalue weighted by Gasteiger charge is -2.33. The monoisotopic (exact) mass is 362 g/mol. The maximum absolute atomic E-state index is 12.6. The van der Waals surface area contributed by atoms with Crippen molar-refractivity contribution in [2.75, 3.05) is 18.1 Å². The van der Waals surface area contributed by atoms with E-state index in [1.807, 2.05) is 24.6 Å². The Morgan fingerprint density at radius 3 is 2.65 bits per heavy atom. The number of hydrogen-bond acceptors (Lipinski definition) is 3. The first-order valence-electron chi connectivity index (χ1n) is 6.60. The highest BCUT2D eigenvalue weighted by Gasteiger charge is 2.33. The van der Waals surface area contributed by atoms with Gasteiger partial charge in [-0.1, -0.05) is 0 Å². The normalized spacial score (nSPS) is 22.2. The second-order valence-electron chi connectivity index (χ2n) is 5.51. The minimum Gasteiger partial charge on any atom is -0.340 e. The number of carbonyl (C=O) groups excluding carboxylic acids is 1. The highest BCUT2D eigenvalue weighted by atomic mass is 79.9. The molecular formula is C13H19BrN2O3S.